The van der Waals surface area contributed by atoms with Crippen LogP contribution in [0.3, 0.4) is 0 Å². The van der Waals surface area contributed by atoms with Gasteiger partial charge >= 0.3 is 0 Å². The van der Waals surface area contributed by atoms with Gasteiger partial charge in [-0.15, -0.1) is 0 Å². The second-order valence-electron chi connectivity index (χ2n) is 5.58. The van der Waals surface area contributed by atoms with Crippen molar-refractivity contribution in [2.24, 2.45) is 5.41 Å². The van der Waals surface area contributed by atoms with Crippen LogP contribution in [-0.2, 0) is 0 Å². The predicted octanol–water partition coefficient (Wildman–Crippen LogP) is 4.27. The normalized spacial score (nSPS) is 17.7. The summed E-state index contributed by atoms with van der Waals surface area (Å²) in [6.45, 7) is 4.86. The molecule has 0 atom stereocenters. The van der Waals surface area contributed by atoms with Gasteiger partial charge < -0.3 is 4.74 Å². The molecule has 2 nitrogen and oxygen atoms in total. The average Bonchev–Trinajstić information content (AvgIpc) is 2.86. The Balaban J connectivity index is 2.08. The summed E-state index contributed by atoms with van der Waals surface area (Å²) >= 11 is 0. The summed E-state index contributed by atoms with van der Waals surface area (Å²) in [7, 11) is 0. The van der Waals surface area contributed by atoms with Crippen LogP contribution in [0.2, 0.25) is 0 Å². The van der Waals surface area contributed by atoms with Crippen molar-refractivity contribution in [3.8, 4) is 11.8 Å². The highest BCUT2D eigenvalue weighted by Gasteiger charge is 2.35. The van der Waals surface area contributed by atoms with Gasteiger partial charge in [0.05, 0.1) is 11.5 Å². The van der Waals surface area contributed by atoms with Crippen molar-refractivity contribution < 1.29 is 4.74 Å². The standard InChI is InChI=1S/C16H21NO/c1-13(2)14-7-3-4-8-15(14)18-12-16(11-17)9-5-6-10-16/h3-4,7-8,13H,5-6,9-10,12H2,1-2H3. The van der Waals surface area contributed by atoms with Crippen molar-refractivity contribution in [1.82, 2.24) is 0 Å². The van der Waals surface area contributed by atoms with Crippen LogP contribution in [-0.4, -0.2) is 6.61 Å². The van der Waals surface area contributed by atoms with Crippen LogP contribution in [0.5, 0.6) is 5.75 Å². The molecule has 1 aliphatic carbocycles. The topological polar surface area (TPSA) is 33.0 Å². The lowest BCUT2D eigenvalue weighted by Gasteiger charge is -2.22. The van der Waals surface area contributed by atoms with Crippen LogP contribution in [0, 0.1) is 16.7 Å². The van der Waals surface area contributed by atoms with Gasteiger partial charge in [-0.25, -0.2) is 0 Å². The van der Waals surface area contributed by atoms with Gasteiger partial charge in [0.2, 0.25) is 0 Å². The molecule has 0 amide bonds. The summed E-state index contributed by atoms with van der Waals surface area (Å²) in [5, 5.41) is 9.34. The van der Waals surface area contributed by atoms with E-state index in [0.29, 0.717) is 12.5 Å². The highest BCUT2D eigenvalue weighted by molar-refractivity contribution is 5.35. The molecule has 0 aromatic heterocycles. The predicted molar refractivity (Wildman–Crippen MR) is 72.5 cm³/mol. The summed E-state index contributed by atoms with van der Waals surface area (Å²) in [5.41, 5.74) is 0.980. The van der Waals surface area contributed by atoms with Crippen molar-refractivity contribution in [3.05, 3.63) is 29.8 Å². The minimum Gasteiger partial charge on any atom is -0.492 e. The zero-order valence-corrected chi connectivity index (χ0v) is 11.3. The van der Waals surface area contributed by atoms with Gasteiger partial charge in [0.25, 0.3) is 0 Å². The third kappa shape index (κ3) is 2.67. The lowest BCUT2D eigenvalue weighted by molar-refractivity contribution is 0.199. The molecule has 0 radical (unpaired) electrons. The van der Waals surface area contributed by atoms with Crippen LogP contribution >= 0.6 is 0 Å². The van der Waals surface area contributed by atoms with Crippen molar-refractivity contribution >= 4 is 0 Å². The molecule has 1 aliphatic rings. The Morgan fingerprint density at radius 2 is 1.94 bits per heavy atom. The third-order valence-electron chi connectivity index (χ3n) is 3.84. The molecule has 0 heterocycles. The molecular formula is C16H21NO. The maximum atomic E-state index is 9.34. The van der Waals surface area contributed by atoms with Crippen molar-refractivity contribution in [2.45, 2.75) is 45.4 Å². The Labute approximate surface area is 110 Å². The largest absolute Gasteiger partial charge is 0.492 e. The third-order valence-corrected chi connectivity index (χ3v) is 3.84. The van der Waals surface area contributed by atoms with E-state index in [9.17, 15) is 5.26 Å². The Kier molecular flexibility index (Phi) is 3.91. The van der Waals surface area contributed by atoms with Crippen molar-refractivity contribution in [2.75, 3.05) is 6.61 Å². The molecule has 1 saturated carbocycles. The minimum atomic E-state index is -0.246. The zero-order valence-electron chi connectivity index (χ0n) is 11.3. The molecule has 0 spiro atoms. The number of rotatable bonds is 4. The van der Waals surface area contributed by atoms with Crippen molar-refractivity contribution in [1.29, 1.82) is 5.26 Å². The van der Waals surface area contributed by atoms with Crippen LogP contribution in [0.4, 0.5) is 0 Å². The van der Waals surface area contributed by atoms with Crippen LogP contribution < -0.4 is 4.74 Å². The SMILES string of the molecule is CC(C)c1ccccc1OCC1(C#N)CCCC1. The van der Waals surface area contributed by atoms with E-state index < -0.39 is 0 Å². The van der Waals surface area contributed by atoms with E-state index in [1.54, 1.807) is 0 Å². The molecule has 96 valence electrons. The molecular weight excluding hydrogens is 222 g/mol. The van der Waals surface area contributed by atoms with E-state index >= 15 is 0 Å². The minimum absolute atomic E-state index is 0.246. The second-order valence-corrected chi connectivity index (χ2v) is 5.58. The van der Waals surface area contributed by atoms with Crippen LogP contribution in [0.15, 0.2) is 24.3 Å². The molecule has 0 N–H and O–H groups in total. The first-order chi connectivity index (χ1) is 8.67. The van der Waals surface area contributed by atoms with Crippen LogP contribution in [0.25, 0.3) is 0 Å². The van der Waals surface area contributed by atoms with Gasteiger partial charge in [0.15, 0.2) is 0 Å². The van der Waals surface area contributed by atoms with Crippen LogP contribution in [0.1, 0.15) is 51.0 Å². The Bertz CT molecular complexity index is 439. The molecule has 18 heavy (non-hydrogen) atoms. The summed E-state index contributed by atoms with van der Waals surface area (Å²) < 4.78 is 5.95. The average molecular weight is 243 g/mol. The van der Waals surface area contributed by atoms with E-state index in [0.717, 1.165) is 31.4 Å². The second kappa shape index (κ2) is 5.44. The molecule has 2 heteroatoms. The van der Waals surface area contributed by atoms with E-state index in [1.807, 2.05) is 18.2 Å². The maximum Gasteiger partial charge on any atom is 0.122 e. The maximum absolute atomic E-state index is 9.34. The lowest BCUT2D eigenvalue weighted by Crippen LogP contribution is -2.23. The van der Waals surface area contributed by atoms with Gasteiger partial charge in [0.1, 0.15) is 12.4 Å². The Hall–Kier alpha value is -1.49. The van der Waals surface area contributed by atoms with E-state index in [1.165, 1.54) is 5.56 Å². The number of benzene rings is 1. The monoisotopic (exact) mass is 243 g/mol. The smallest absolute Gasteiger partial charge is 0.122 e. The first-order valence-electron chi connectivity index (χ1n) is 6.80. The van der Waals surface area contributed by atoms with Crippen molar-refractivity contribution in [3.63, 3.8) is 0 Å². The first-order valence-corrected chi connectivity index (χ1v) is 6.80. The number of nitriles is 1. The Morgan fingerprint density at radius 3 is 2.56 bits per heavy atom. The van der Waals surface area contributed by atoms with E-state index in [2.05, 4.69) is 26.0 Å². The number of para-hydroxylation sites is 1. The zero-order chi connectivity index (χ0) is 13.0. The van der Waals surface area contributed by atoms with E-state index in [4.69, 9.17) is 4.74 Å². The molecule has 1 fully saturated rings. The fourth-order valence-electron chi connectivity index (χ4n) is 2.65. The van der Waals surface area contributed by atoms with Gasteiger partial charge in [-0.2, -0.15) is 5.26 Å². The van der Waals surface area contributed by atoms with Gasteiger partial charge in [-0.05, 0) is 30.4 Å². The highest BCUT2D eigenvalue weighted by Crippen LogP contribution is 2.38. The summed E-state index contributed by atoms with van der Waals surface area (Å²) in [6.07, 6.45) is 4.27. The molecule has 1 aromatic rings. The van der Waals surface area contributed by atoms with Gasteiger partial charge in [-0.3, -0.25) is 0 Å². The summed E-state index contributed by atoms with van der Waals surface area (Å²) in [5.74, 6) is 1.39. The number of hydrogen-bond acceptors (Lipinski definition) is 2. The number of hydrogen-bond donors (Lipinski definition) is 0. The molecule has 2 rings (SSSR count). The molecule has 0 aliphatic heterocycles. The van der Waals surface area contributed by atoms with Gasteiger partial charge in [0, 0.05) is 0 Å². The van der Waals surface area contributed by atoms with E-state index in [-0.39, 0.29) is 5.41 Å². The number of nitrogens with zero attached hydrogens (tertiary/aromatic N) is 1. The molecule has 0 saturated heterocycles. The summed E-state index contributed by atoms with van der Waals surface area (Å²) in [6, 6.07) is 10.6. The molecule has 1 aromatic carbocycles. The highest BCUT2D eigenvalue weighted by atomic mass is 16.5. The lowest BCUT2D eigenvalue weighted by atomic mass is 9.89. The Morgan fingerprint density at radius 1 is 1.28 bits per heavy atom. The number of ether oxygens (including phenoxy) is 1. The van der Waals surface area contributed by atoms with Gasteiger partial charge in [-0.1, -0.05) is 44.9 Å². The summed E-state index contributed by atoms with van der Waals surface area (Å²) in [4.78, 5) is 0. The molecule has 0 bridgehead atoms. The quantitative estimate of drug-likeness (QED) is 0.791. The first kappa shape index (κ1) is 13.0. The fourth-order valence-corrected chi connectivity index (χ4v) is 2.65. The fraction of sp³-hybridized carbons (Fsp3) is 0.562. The molecule has 0 unspecified atom stereocenters.